The summed E-state index contributed by atoms with van der Waals surface area (Å²) in [6.45, 7) is 5.21. The van der Waals surface area contributed by atoms with Gasteiger partial charge in [-0.15, -0.1) is 0 Å². The van der Waals surface area contributed by atoms with Crippen molar-refractivity contribution in [2.45, 2.75) is 38.2 Å². The number of aromatic nitrogens is 2. The van der Waals surface area contributed by atoms with Gasteiger partial charge in [0.15, 0.2) is 11.5 Å². The lowest BCUT2D eigenvalue weighted by atomic mass is 10.0. The largest absolute Gasteiger partial charge is 0.487 e. The molecular weight excluding hydrogens is 435 g/mol. The van der Waals surface area contributed by atoms with Crippen molar-refractivity contribution in [2.75, 3.05) is 31.7 Å². The van der Waals surface area contributed by atoms with Crippen molar-refractivity contribution in [3.8, 4) is 11.5 Å². The van der Waals surface area contributed by atoms with E-state index in [1.54, 1.807) is 38.1 Å². The van der Waals surface area contributed by atoms with E-state index in [1.807, 2.05) is 0 Å². The van der Waals surface area contributed by atoms with Crippen molar-refractivity contribution in [3.63, 3.8) is 0 Å². The number of benzene rings is 2. The van der Waals surface area contributed by atoms with E-state index in [9.17, 15) is 8.78 Å². The van der Waals surface area contributed by atoms with Crippen LogP contribution in [0.25, 0.3) is 10.9 Å². The van der Waals surface area contributed by atoms with Crippen molar-refractivity contribution >= 4 is 16.7 Å². The second kappa shape index (κ2) is 8.37. The molecule has 5 rings (SSSR count). The summed E-state index contributed by atoms with van der Waals surface area (Å²) < 4.78 is 59.2. The van der Waals surface area contributed by atoms with E-state index >= 15 is 4.39 Å². The number of anilines is 1. The Hall–Kier alpha value is -3.07. The predicted molar refractivity (Wildman–Crippen MR) is 117 cm³/mol. The molecule has 1 unspecified atom stereocenters. The molecule has 1 saturated carbocycles. The third kappa shape index (κ3) is 4.29. The fourth-order valence-corrected chi connectivity index (χ4v) is 4.12. The number of nitrogens with zero attached hydrogens (tertiary/aromatic N) is 2. The van der Waals surface area contributed by atoms with Crippen LogP contribution in [-0.2, 0) is 4.74 Å². The van der Waals surface area contributed by atoms with Gasteiger partial charge in [0.1, 0.15) is 30.7 Å². The molecule has 0 bridgehead atoms. The van der Waals surface area contributed by atoms with Gasteiger partial charge >= 0.3 is 0 Å². The maximum Gasteiger partial charge on any atom is 0.256 e. The first-order valence-corrected chi connectivity index (χ1v) is 10.9. The molecule has 1 N–H and O–H groups in total. The van der Waals surface area contributed by atoms with Gasteiger partial charge in [0, 0.05) is 23.4 Å². The number of rotatable bonds is 4. The summed E-state index contributed by atoms with van der Waals surface area (Å²) in [6, 6.07) is 7.71. The van der Waals surface area contributed by atoms with Crippen LogP contribution in [0.3, 0.4) is 0 Å². The average molecular weight is 459 g/mol. The zero-order chi connectivity index (χ0) is 23.2. The van der Waals surface area contributed by atoms with Gasteiger partial charge in [-0.05, 0) is 25.5 Å². The minimum absolute atomic E-state index is 0.0556. The summed E-state index contributed by atoms with van der Waals surface area (Å²) in [4.78, 5) is 9.02. The number of hydrogen-bond donors (Lipinski definition) is 1. The van der Waals surface area contributed by atoms with Crippen LogP contribution in [0.15, 0.2) is 30.3 Å². The molecule has 2 atom stereocenters. The molecule has 2 aliphatic rings. The van der Waals surface area contributed by atoms with Gasteiger partial charge in [0.2, 0.25) is 0 Å². The lowest BCUT2D eigenvalue weighted by Crippen LogP contribution is -2.12. The number of halogens is 3. The summed E-state index contributed by atoms with van der Waals surface area (Å²) in [5.41, 5.74) is 1.01. The maximum atomic E-state index is 15.1. The molecule has 0 amide bonds. The highest BCUT2D eigenvalue weighted by Gasteiger charge is 2.58. The topological polar surface area (TPSA) is 65.5 Å². The van der Waals surface area contributed by atoms with E-state index in [4.69, 9.17) is 14.2 Å². The lowest BCUT2D eigenvalue weighted by Gasteiger charge is -2.19. The minimum Gasteiger partial charge on any atom is -0.487 e. The third-order valence-corrected chi connectivity index (χ3v) is 5.92. The van der Waals surface area contributed by atoms with Gasteiger partial charge in [-0.25, -0.2) is 23.1 Å². The summed E-state index contributed by atoms with van der Waals surface area (Å²) in [5, 5.41) is 3.92. The quantitative estimate of drug-likeness (QED) is 0.581. The Labute approximate surface area is 189 Å². The van der Waals surface area contributed by atoms with Crippen LogP contribution >= 0.6 is 0 Å². The second-order valence-corrected chi connectivity index (χ2v) is 8.38. The zero-order valence-electron chi connectivity index (χ0n) is 18.3. The van der Waals surface area contributed by atoms with Crippen LogP contribution in [0.1, 0.15) is 42.3 Å². The molecule has 9 heteroatoms. The first kappa shape index (κ1) is 21.8. The van der Waals surface area contributed by atoms with Crippen molar-refractivity contribution in [2.24, 2.45) is 0 Å². The van der Waals surface area contributed by atoms with Gasteiger partial charge in [-0.2, -0.15) is 0 Å². The summed E-state index contributed by atoms with van der Waals surface area (Å²) >= 11 is 0. The molecule has 0 saturated heterocycles. The SMILES string of the molecule is Cc1nc(N[C@H](C)c2cccc(C3CC3(F)F)c2F)c2cc3c(cc2n1)OCCOCCO3. The summed E-state index contributed by atoms with van der Waals surface area (Å²) in [7, 11) is 0. The minimum atomic E-state index is -2.83. The molecule has 1 aliphatic carbocycles. The van der Waals surface area contributed by atoms with Crippen LogP contribution in [0.2, 0.25) is 0 Å². The first-order valence-electron chi connectivity index (χ1n) is 10.9. The highest BCUT2D eigenvalue weighted by atomic mass is 19.3. The Balaban J connectivity index is 1.49. The fraction of sp³-hybridized carbons (Fsp3) is 0.417. The standard InChI is InChI=1S/C24H24F3N3O3/c1-13(15-4-3-5-16(22(15)25)18-12-24(18,26)27)28-23-17-10-20-21(11-19(17)29-14(2)30-23)33-9-7-31-6-8-32-20/h3-5,10-11,13,18H,6-9,12H2,1-2H3,(H,28,29,30)/t13-,18?/m1/s1. The molecule has 0 spiro atoms. The van der Waals surface area contributed by atoms with Crippen molar-refractivity contribution < 1.29 is 27.4 Å². The highest BCUT2D eigenvalue weighted by Crippen LogP contribution is 2.56. The van der Waals surface area contributed by atoms with Crippen LogP contribution in [0.5, 0.6) is 11.5 Å². The molecule has 6 nitrogen and oxygen atoms in total. The summed E-state index contributed by atoms with van der Waals surface area (Å²) in [6.07, 6.45) is -0.316. The van der Waals surface area contributed by atoms with Gasteiger partial charge in [0.05, 0.1) is 30.7 Å². The number of aryl methyl sites for hydroxylation is 1. The number of alkyl halides is 2. The Kier molecular flexibility index (Phi) is 5.52. The van der Waals surface area contributed by atoms with E-state index in [-0.39, 0.29) is 12.0 Å². The molecule has 33 heavy (non-hydrogen) atoms. The van der Waals surface area contributed by atoms with E-state index in [0.717, 1.165) is 0 Å². The Morgan fingerprint density at radius 2 is 1.76 bits per heavy atom. The number of ether oxygens (including phenoxy) is 3. The average Bonchev–Trinajstić information content (AvgIpc) is 3.37. The highest BCUT2D eigenvalue weighted by molar-refractivity contribution is 5.92. The smallest absolute Gasteiger partial charge is 0.256 e. The normalized spacial score (nSPS) is 20.5. The predicted octanol–water partition coefficient (Wildman–Crippen LogP) is 5.16. The molecular formula is C24H24F3N3O3. The van der Waals surface area contributed by atoms with Crippen molar-refractivity contribution in [1.29, 1.82) is 0 Å². The number of fused-ring (bicyclic) bond motifs is 2. The van der Waals surface area contributed by atoms with E-state index in [1.165, 1.54) is 6.07 Å². The van der Waals surface area contributed by atoms with Crippen LogP contribution in [0.4, 0.5) is 19.0 Å². The van der Waals surface area contributed by atoms with E-state index in [0.29, 0.717) is 66.0 Å². The van der Waals surface area contributed by atoms with Crippen LogP contribution < -0.4 is 14.8 Å². The lowest BCUT2D eigenvalue weighted by molar-refractivity contribution is 0.0877. The summed E-state index contributed by atoms with van der Waals surface area (Å²) in [5.74, 6) is -2.37. The number of nitrogens with one attached hydrogen (secondary N) is 1. The second-order valence-electron chi connectivity index (χ2n) is 8.38. The molecule has 174 valence electrons. The number of hydrogen-bond acceptors (Lipinski definition) is 6. The van der Waals surface area contributed by atoms with E-state index < -0.39 is 23.7 Å². The van der Waals surface area contributed by atoms with E-state index in [2.05, 4.69) is 15.3 Å². The Morgan fingerprint density at radius 3 is 2.45 bits per heavy atom. The molecule has 2 aromatic carbocycles. The van der Waals surface area contributed by atoms with Gasteiger partial charge in [0.25, 0.3) is 5.92 Å². The Morgan fingerprint density at radius 1 is 1.06 bits per heavy atom. The molecule has 0 radical (unpaired) electrons. The first-order chi connectivity index (χ1) is 15.8. The third-order valence-electron chi connectivity index (χ3n) is 5.92. The molecule has 3 aromatic rings. The molecule has 1 aromatic heterocycles. The van der Waals surface area contributed by atoms with Gasteiger partial charge in [-0.3, -0.25) is 0 Å². The van der Waals surface area contributed by atoms with Crippen molar-refractivity contribution in [3.05, 3.63) is 53.1 Å². The molecule has 1 fully saturated rings. The van der Waals surface area contributed by atoms with Gasteiger partial charge < -0.3 is 19.5 Å². The van der Waals surface area contributed by atoms with Crippen molar-refractivity contribution in [1.82, 2.24) is 9.97 Å². The fourth-order valence-electron chi connectivity index (χ4n) is 4.12. The zero-order valence-corrected chi connectivity index (χ0v) is 18.3. The molecule has 1 aliphatic heterocycles. The monoisotopic (exact) mass is 459 g/mol. The van der Waals surface area contributed by atoms with Gasteiger partial charge in [-0.1, -0.05) is 18.2 Å². The molecule has 2 heterocycles. The Bertz CT molecular complexity index is 1200. The van der Waals surface area contributed by atoms with Crippen LogP contribution in [0, 0.1) is 12.7 Å². The van der Waals surface area contributed by atoms with Crippen LogP contribution in [-0.4, -0.2) is 42.3 Å². The maximum absolute atomic E-state index is 15.1.